The lowest BCUT2D eigenvalue weighted by molar-refractivity contribution is -0.120. The zero-order chi connectivity index (χ0) is 21.6. The summed E-state index contributed by atoms with van der Waals surface area (Å²) in [5, 5.41) is 5.51. The first-order valence-corrected chi connectivity index (χ1v) is 11.1. The van der Waals surface area contributed by atoms with Crippen LogP contribution in [0, 0.1) is 0 Å². The number of nitrogens with zero attached hydrogens (tertiary/aromatic N) is 1. The molecule has 1 fully saturated rings. The molecule has 2 aromatic rings. The molecule has 1 heterocycles. The van der Waals surface area contributed by atoms with E-state index in [1.165, 1.54) is 23.4 Å². The Hall–Kier alpha value is -2.75. The first-order valence-electron chi connectivity index (χ1n) is 9.66. The summed E-state index contributed by atoms with van der Waals surface area (Å²) >= 11 is 0. The summed E-state index contributed by atoms with van der Waals surface area (Å²) in [6.45, 7) is 2.72. The molecule has 0 radical (unpaired) electrons. The Morgan fingerprint density at radius 1 is 1.07 bits per heavy atom. The number of morpholine rings is 1. The Bertz CT molecular complexity index is 989. The maximum absolute atomic E-state index is 12.8. The van der Waals surface area contributed by atoms with Crippen molar-refractivity contribution in [2.75, 3.05) is 31.6 Å². The van der Waals surface area contributed by atoms with Gasteiger partial charge in [-0.2, -0.15) is 4.31 Å². The highest BCUT2D eigenvalue weighted by molar-refractivity contribution is 7.89. The molecule has 9 heteroatoms. The summed E-state index contributed by atoms with van der Waals surface area (Å²) in [5.74, 6) is -0.575. The van der Waals surface area contributed by atoms with Gasteiger partial charge in [-0.05, 0) is 23.8 Å². The fraction of sp³-hybridized carbons (Fsp3) is 0.333. The van der Waals surface area contributed by atoms with E-state index in [1.807, 2.05) is 30.3 Å². The van der Waals surface area contributed by atoms with E-state index in [-0.39, 0.29) is 23.1 Å². The van der Waals surface area contributed by atoms with Crippen LogP contribution in [0.25, 0.3) is 0 Å². The van der Waals surface area contributed by atoms with Crippen LogP contribution in [-0.2, 0) is 24.3 Å². The van der Waals surface area contributed by atoms with Gasteiger partial charge in [0.05, 0.1) is 30.6 Å². The van der Waals surface area contributed by atoms with Crippen molar-refractivity contribution in [2.24, 2.45) is 0 Å². The standard InChI is InChI=1S/C21H25N3O5S/c1-16(25)22-20(17-6-3-2-4-7-17)15-21(26)23-18-8-5-9-19(14-18)30(27,28)24-10-12-29-13-11-24/h2-9,14,20H,10-13,15H2,1H3,(H,22,25)(H,23,26)/t20-/m1/s1. The second kappa shape index (κ2) is 9.84. The minimum absolute atomic E-state index is 0.0179. The van der Waals surface area contributed by atoms with Gasteiger partial charge in [-0.1, -0.05) is 36.4 Å². The number of carbonyl (C=O) groups excluding carboxylic acids is 2. The molecule has 0 bridgehead atoms. The third-order valence-electron chi connectivity index (χ3n) is 4.69. The molecule has 0 saturated carbocycles. The fourth-order valence-electron chi connectivity index (χ4n) is 3.25. The summed E-state index contributed by atoms with van der Waals surface area (Å²) in [5.41, 5.74) is 1.19. The Kier molecular flexibility index (Phi) is 7.20. The number of sulfonamides is 1. The molecule has 0 unspecified atom stereocenters. The van der Waals surface area contributed by atoms with Crippen molar-refractivity contribution < 1.29 is 22.7 Å². The number of hydrogen-bond donors (Lipinski definition) is 2. The van der Waals surface area contributed by atoms with Crippen molar-refractivity contribution in [2.45, 2.75) is 24.3 Å². The fourth-order valence-corrected chi connectivity index (χ4v) is 4.71. The van der Waals surface area contributed by atoms with E-state index in [2.05, 4.69) is 10.6 Å². The van der Waals surface area contributed by atoms with Crippen LogP contribution in [0.15, 0.2) is 59.5 Å². The quantitative estimate of drug-likeness (QED) is 0.697. The number of ether oxygens (including phenoxy) is 1. The second-order valence-electron chi connectivity index (χ2n) is 6.96. The van der Waals surface area contributed by atoms with Gasteiger partial charge in [-0.15, -0.1) is 0 Å². The number of rotatable bonds is 7. The average molecular weight is 432 g/mol. The monoisotopic (exact) mass is 431 g/mol. The summed E-state index contributed by atoms with van der Waals surface area (Å²) < 4.78 is 32.2. The Labute approximate surface area is 176 Å². The van der Waals surface area contributed by atoms with Crippen molar-refractivity contribution in [3.63, 3.8) is 0 Å². The molecule has 0 aromatic heterocycles. The number of amides is 2. The topological polar surface area (TPSA) is 105 Å². The largest absolute Gasteiger partial charge is 0.379 e. The smallest absolute Gasteiger partial charge is 0.243 e. The number of nitrogens with one attached hydrogen (secondary N) is 2. The van der Waals surface area contributed by atoms with Crippen molar-refractivity contribution in [3.05, 3.63) is 60.2 Å². The molecule has 30 heavy (non-hydrogen) atoms. The van der Waals surface area contributed by atoms with Gasteiger partial charge < -0.3 is 15.4 Å². The van der Waals surface area contributed by atoms with E-state index in [0.29, 0.717) is 32.0 Å². The lowest BCUT2D eigenvalue weighted by Gasteiger charge is -2.26. The van der Waals surface area contributed by atoms with E-state index in [1.54, 1.807) is 12.1 Å². The zero-order valence-corrected chi connectivity index (χ0v) is 17.5. The minimum atomic E-state index is -3.66. The van der Waals surface area contributed by atoms with Gasteiger partial charge in [-0.3, -0.25) is 9.59 Å². The molecule has 3 rings (SSSR count). The average Bonchev–Trinajstić information content (AvgIpc) is 2.74. The molecule has 2 aromatic carbocycles. The van der Waals surface area contributed by atoms with Crippen molar-refractivity contribution >= 4 is 27.5 Å². The molecule has 0 spiro atoms. The Balaban J connectivity index is 1.72. The lowest BCUT2D eigenvalue weighted by Crippen LogP contribution is -2.40. The van der Waals surface area contributed by atoms with Gasteiger partial charge in [0, 0.05) is 25.7 Å². The van der Waals surface area contributed by atoms with E-state index in [4.69, 9.17) is 4.74 Å². The van der Waals surface area contributed by atoms with Crippen LogP contribution in [0.2, 0.25) is 0 Å². The number of hydrogen-bond acceptors (Lipinski definition) is 5. The maximum atomic E-state index is 12.8. The van der Waals surface area contributed by atoms with Crippen LogP contribution >= 0.6 is 0 Å². The van der Waals surface area contributed by atoms with E-state index in [9.17, 15) is 18.0 Å². The lowest BCUT2D eigenvalue weighted by atomic mass is 10.0. The van der Waals surface area contributed by atoms with Crippen LogP contribution in [0.1, 0.15) is 24.9 Å². The second-order valence-corrected chi connectivity index (χ2v) is 8.90. The summed E-state index contributed by atoms with van der Waals surface area (Å²) in [6, 6.07) is 14.9. The SMILES string of the molecule is CC(=O)N[C@H](CC(=O)Nc1cccc(S(=O)(=O)N2CCOCC2)c1)c1ccccc1. The van der Waals surface area contributed by atoms with Crippen LogP contribution in [0.3, 0.4) is 0 Å². The molecule has 1 aliphatic heterocycles. The highest BCUT2D eigenvalue weighted by Crippen LogP contribution is 2.22. The number of benzene rings is 2. The molecular formula is C21H25N3O5S. The summed E-state index contributed by atoms with van der Waals surface area (Å²) in [7, 11) is -3.66. The minimum Gasteiger partial charge on any atom is -0.379 e. The van der Waals surface area contributed by atoms with Gasteiger partial charge in [0.2, 0.25) is 21.8 Å². The summed E-state index contributed by atoms with van der Waals surface area (Å²) in [4.78, 5) is 24.3. The summed E-state index contributed by atoms with van der Waals surface area (Å²) in [6.07, 6.45) is 0.0179. The van der Waals surface area contributed by atoms with Gasteiger partial charge in [-0.25, -0.2) is 8.42 Å². The highest BCUT2D eigenvalue weighted by Gasteiger charge is 2.26. The molecule has 0 aliphatic carbocycles. The van der Waals surface area contributed by atoms with Crippen LogP contribution in [0.5, 0.6) is 0 Å². The van der Waals surface area contributed by atoms with Crippen molar-refractivity contribution in [1.82, 2.24) is 9.62 Å². The zero-order valence-electron chi connectivity index (χ0n) is 16.7. The van der Waals surface area contributed by atoms with Crippen molar-refractivity contribution in [1.29, 1.82) is 0 Å². The van der Waals surface area contributed by atoms with E-state index in [0.717, 1.165) is 5.56 Å². The molecule has 1 aliphatic rings. The predicted octanol–water partition coefficient (Wildman–Crippen LogP) is 1.91. The maximum Gasteiger partial charge on any atom is 0.243 e. The Morgan fingerprint density at radius 2 is 1.77 bits per heavy atom. The molecule has 160 valence electrons. The molecule has 1 saturated heterocycles. The highest BCUT2D eigenvalue weighted by atomic mass is 32.2. The third-order valence-corrected chi connectivity index (χ3v) is 6.59. The number of carbonyl (C=O) groups is 2. The first-order chi connectivity index (χ1) is 14.4. The van der Waals surface area contributed by atoms with E-state index < -0.39 is 16.1 Å². The van der Waals surface area contributed by atoms with E-state index >= 15 is 0 Å². The molecule has 2 N–H and O–H groups in total. The first kappa shape index (κ1) is 21.9. The third kappa shape index (κ3) is 5.65. The molecular weight excluding hydrogens is 406 g/mol. The van der Waals surface area contributed by atoms with Gasteiger partial charge in [0.15, 0.2) is 0 Å². The van der Waals surface area contributed by atoms with Crippen LogP contribution in [0.4, 0.5) is 5.69 Å². The van der Waals surface area contributed by atoms with Crippen LogP contribution in [-0.4, -0.2) is 50.8 Å². The molecule has 8 nitrogen and oxygen atoms in total. The Morgan fingerprint density at radius 3 is 2.43 bits per heavy atom. The predicted molar refractivity (Wildman–Crippen MR) is 112 cm³/mol. The van der Waals surface area contributed by atoms with Crippen molar-refractivity contribution in [3.8, 4) is 0 Å². The van der Waals surface area contributed by atoms with Crippen LogP contribution < -0.4 is 10.6 Å². The number of anilines is 1. The van der Waals surface area contributed by atoms with Gasteiger partial charge >= 0.3 is 0 Å². The molecule has 1 atom stereocenters. The van der Waals surface area contributed by atoms with Gasteiger partial charge in [0.1, 0.15) is 0 Å². The molecule has 2 amide bonds. The normalized spacial score (nSPS) is 15.9. The van der Waals surface area contributed by atoms with Gasteiger partial charge in [0.25, 0.3) is 0 Å².